The van der Waals surface area contributed by atoms with Crippen LogP contribution in [-0.2, 0) is 6.42 Å². The number of hydrogen-bond acceptors (Lipinski definition) is 9. The van der Waals surface area contributed by atoms with Crippen LogP contribution in [0.2, 0.25) is 0 Å². The number of nitrogen functional groups attached to an aromatic ring is 1. The average Bonchev–Trinajstić information content (AvgIpc) is 3.39. The Hall–Kier alpha value is -3.20. The van der Waals surface area contributed by atoms with Gasteiger partial charge in [-0.05, 0) is 37.6 Å². The lowest BCUT2D eigenvalue weighted by molar-refractivity contribution is 0.284. The lowest BCUT2D eigenvalue weighted by Crippen LogP contribution is -2.07. The summed E-state index contributed by atoms with van der Waals surface area (Å²) in [6.07, 6.45) is 3.33. The Balaban J connectivity index is 1.23. The number of fused-ring (bicyclic) bond motifs is 1. The third-order valence-electron chi connectivity index (χ3n) is 4.87. The molecule has 146 valence electrons. The third-order valence-corrected chi connectivity index (χ3v) is 5.71. The van der Waals surface area contributed by atoms with E-state index in [1.807, 2.05) is 25.1 Å². The molecule has 1 saturated carbocycles. The number of nitrogens with two attached hydrogens (primary N) is 1. The highest BCUT2D eigenvalue weighted by Crippen LogP contribution is 2.47. The number of anilines is 1. The fourth-order valence-electron chi connectivity index (χ4n) is 3.36. The number of pyridine rings is 2. The lowest BCUT2D eigenvalue weighted by atomic mass is 10.2. The first-order valence-corrected chi connectivity index (χ1v) is 10.2. The number of nitrogens with zero attached hydrogens (tertiary/aromatic N) is 6. The van der Waals surface area contributed by atoms with Crippen molar-refractivity contribution in [3.05, 3.63) is 58.1 Å². The van der Waals surface area contributed by atoms with E-state index in [9.17, 15) is 0 Å². The second-order valence-electron chi connectivity index (χ2n) is 7.13. The summed E-state index contributed by atoms with van der Waals surface area (Å²) < 4.78 is 5.93. The summed E-state index contributed by atoms with van der Waals surface area (Å²) in [5.74, 6) is 2.30. The molecule has 0 aromatic carbocycles. The van der Waals surface area contributed by atoms with Gasteiger partial charge in [0.25, 0.3) is 0 Å². The van der Waals surface area contributed by atoms with Crippen LogP contribution in [0.4, 0.5) is 5.82 Å². The molecule has 8 nitrogen and oxygen atoms in total. The Morgan fingerprint density at radius 3 is 2.93 bits per heavy atom. The van der Waals surface area contributed by atoms with Gasteiger partial charge in [0.15, 0.2) is 0 Å². The summed E-state index contributed by atoms with van der Waals surface area (Å²) >= 11 is 1.53. The molecule has 0 amide bonds. The highest BCUT2D eigenvalue weighted by atomic mass is 32.1. The number of aryl methyl sites for hydroxylation is 1. The van der Waals surface area contributed by atoms with Gasteiger partial charge in [0, 0.05) is 29.8 Å². The van der Waals surface area contributed by atoms with E-state index in [0.29, 0.717) is 42.4 Å². The Labute approximate surface area is 171 Å². The van der Waals surface area contributed by atoms with E-state index in [4.69, 9.17) is 15.5 Å². The monoisotopic (exact) mass is 405 g/mol. The Morgan fingerprint density at radius 2 is 2.07 bits per heavy atom. The Morgan fingerprint density at radius 1 is 1.14 bits per heavy atom. The van der Waals surface area contributed by atoms with E-state index in [2.05, 4.69) is 31.2 Å². The topological polar surface area (TPSA) is 113 Å². The minimum Gasteiger partial charge on any atom is -0.477 e. The van der Waals surface area contributed by atoms with Gasteiger partial charge in [0.2, 0.25) is 5.88 Å². The molecule has 2 unspecified atom stereocenters. The van der Waals surface area contributed by atoms with Crippen molar-refractivity contribution in [2.75, 3.05) is 12.3 Å². The largest absolute Gasteiger partial charge is 0.477 e. The first-order chi connectivity index (χ1) is 14.1. The van der Waals surface area contributed by atoms with Gasteiger partial charge in [-0.3, -0.25) is 9.97 Å². The predicted octanol–water partition coefficient (Wildman–Crippen LogP) is 2.94. The van der Waals surface area contributed by atoms with Gasteiger partial charge < -0.3 is 10.5 Å². The van der Waals surface area contributed by atoms with E-state index in [0.717, 1.165) is 33.2 Å². The first kappa shape index (κ1) is 17.9. The molecule has 1 aliphatic carbocycles. The molecule has 9 heteroatoms. The summed E-state index contributed by atoms with van der Waals surface area (Å²) in [5, 5.41) is 9.91. The van der Waals surface area contributed by atoms with Crippen molar-refractivity contribution in [2.24, 2.45) is 5.92 Å². The maximum absolute atomic E-state index is 5.93. The minimum atomic E-state index is 0.391. The molecule has 0 saturated heterocycles. The normalized spacial score (nSPS) is 18.1. The van der Waals surface area contributed by atoms with Crippen LogP contribution in [-0.4, -0.2) is 36.7 Å². The van der Waals surface area contributed by atoms with Crippen LogP contribution in [0.5, 0.6) is 5.88 Å². The zero-order chi connectivity index (χ0) is 19.8. The summed E-state index contributed by atoms with van der Waals surface area (Å²) in [4.78, 5) is 17.8. The van der Waals surface area contributed by atoms with Crippen LogP contribution < -0.4 is 10.5 Å². The van der Waals surface area contributed by atoms with Crippen LogP contribution >= 0.6 is 11.3 Å². The second-order valence-corrected chi connectivity index (χ2v) is 8.40. The number of rotatable bonds is 6. The molecule has 4 heterocycles. The summed E-state index contributed by atoms with van der Waals surface area (Å²) in [6, 6.07) is 9.65. The van der Waals surface area contributed by atoms with Crippen molar-refractivity contribution in [2.45, 2.75) is 25.7 Å². The quantitative estimate of drug-likeness (QED) is 0.521. The average molecular weight is 405 g/mol. The summed E-state index contributed by atoms with van der Waals surface area (Å²) in [6.45, 7) is 2.49. The van der Waals surface area contributed by atoms with Crippen LogP contribution in [0.1, 0.15) is 33.9 Å². The highest BCUT2D eigenvalue weighted by Gasteiger charge is 2.40. The molecular formula is C20H19N7OS. The molecule has 4 aromatic rings. The predicted molar refractivity (Wildman–Crippen MR) is 110 cm³/mol. The molecule has 0 spiro atoms. The third kappa shape index (κ3) is 4.00. The van der Waals surface area contributed by atoms with E-state index in [1.54, 1.807) is 12.3 Å². The summed E-state index contributed by atoms with van der Waals surface area (Å²) in [7, 11) is 0. The van der Waals surface area contributed by atoms with Crippen LogP contribution in [0.15, 0.2) is 36.5 Å². The van der Waals surface area contributed by atoms with Gasteiger partial charge >= 0.3 is 0 Å². The van der Waals surface area contributed by atoms with Gasteiger partial charge in [-0.1, -0.05) is 0 Å². The fourth-order valence-corrected chi connectivity index (χ4v) is 4.06. The molecular weight excluding hydrogens is 386 g/mol. The van der Waals surface area contributed by atoms with Gasteiger partial charge in [0.1, 0.15) is 21.7 Å². The van der Waals surface area contributed by atoms with Crippen LogP contribution in [0.25, 0.3) is 11.0 Å². The molecule has 0 radical (unpaired) electrons. The Bertz CT molecular complexity index is 1180. The maximum atomic E-state index is 5.93. The van der Waals surface area contributed by atoms with Gasteiger partial charge in [-0.2, -0.15) is 4.98 Å². The molecule has 0 bridgehead atoms. The van der Waals surface area contributed by atoms with Crippen molar-refractivity contribution >= 4 is 28.2 Å². The SMILES string of the molecule is Cc1nnc(Cc2nc(N)cc(OCC3CC3c3ccc4ncccc4n3)n2)s1. The van der Waals surface area contributed by atoms with Gasteiger partial charge in [0.05, 0.1) is 24.1 Å². The molecule has 2 atom stereocenters. The van der Waals surface area contributed by atoms with Gasteiger partial charge in [-0.15, -0.1) is 21.5 Å². The molecule has 0 aliphatic heterocycles. The zero-order valence-corrected chi connectivity index (χ0v) is 16.6. The van der Waals surface area contributed by atoms with Crippen molar-refractivity contribution in [3.63, 3.8) is 0 Å². The van der Waals surface area contributed by atoms with Crippen molar-refractivity contribution < 1.29 is 4.74 Å². The smallest absolute Gasteiger partial charge is 0.218 e. The molecule has 1 aliphatic rings. The zero-order valence-electron chi connectivity index (χ0n) is 15.8. The number of hydrogen-bond donors (Lipinski definition) is 1. The van der Waals surface area contributed by atoms with Crippen molar-refractivity contribution in [3.8, 4) is 5.88 Å². The van der Waals surface area contributed by atoms with E-state index >= 15 is 0 Å². The van der Waals surface area contributed by atoms with E-state index in [-0.39, 0.29) is 0 Å². The highest BCUT2D eigenvalue weighted by molar-refractivity contribution is 7.11. The fraction of sp³-hybridized carbons (Fsp3) is 0.300. The number of ether oxygens (including phenoxy) is 1. The second kappa shape index (κ2) is 7.32. The van der Waals surface area contributed by atoms with E-state index < -0.39 is 0 Å². The van der Waals surface area contributed by atoms with Gasteiger partial charge in [-0.25, -0.2) is 4.98 Å². The van der Waals surface area contributed by atoms with E-state index in [1.165, 1.54) is 11.3 Å². The summed E-state index contributed by atoms with van der Waals surface area (Å²) in [5.41, 5.74) is 8.87. The number of aromatic nitrogens is 6. The maximum Gasteiger partial charge on any atom is 0.218 e. The Kier molecular flexibility index (Phi) is 4.51. The molecule has 1 fully saturated rings. The van der Waals surface area contributed by atoms with Crippen molar-refractivity contribution in [1.29, 1.82) is 0 Å². The molecule has 5 rings (SSSR count). The van der Waals surface area contributed by atoms with Crippen molar-refractivity contribution in [1.82, 2.24) is 30.1 Å². The standard InChI is InChI=1S/C20H19N7OS/c1-11-26-27-20(29-11)9-18-24-17(21)8-19(25-18)28-10-12-7-13(12)14-4-5-15-16(23-14)3-2-6-22-15/h2-6,8,12-13H,7,9-10H2,1H3,(H2,21,24,25). The van der Waals surface area contributed by atoms with Crippen LogP contribution in [0, 0.1) is 12.8 Å². The first-order valence-electron chi connectivity index (χ1n) is 9.41. The minimum absolute atomic E-state index is 0.391. The molecule has 29 heavy (non-hydrogen) atoms. The molecule has 2 N–H and O–H groups in total. The molecule has 4 aromatic heterocycles. The van der Waals surface area contributed by atoms with Crippen LogP contribution in [0.3, 0.4) is 0 Å². The lowest BCUT2D eigenvalue weighted by Gasteiger charge is -2.07.